The molecule has 1 aromatic carbocycles. The molecular formula is C23H32N6O3. The molecule has 0 bridgehead atoms. The number of fused-ring (bicyclic) bond motifs is 1. The van der Waals surface area contributed by atoms with Gasteiger partial charge in [0, 0.05) is 37.9 Å². The first-order chi connectivity index (χ1) is 15.5. The first-order valence-corrected chi connectivity index (χ1v) is 11.2. The summed E-state index contributed by atoms with van der Waals surface area (Å²) in [6.07, 6.45) is 6.43. The molecule has 32 heavy (non-hydrogen) atoms. The number of amides is 1. The highest BCUT2D eigenvalue weighted by molar-refractivity contribution is 5.97. The van der Waals surface area contributed by atoms with Gasteiger partial charge >= 0.3 is 0 Å². The number of rotatable bonds is 7. The lowest BCUT2D eigenvalue weighted by molar-refractivity contribution is 0.100. The maximum absolute atomic E-state index is 12.0. The van der Waals surface area contributed by atoms with E-state index in [0.717, 1.165) is 56.6 Å². The van der Waals surface area contributed by atoms with E-state index in [0.29, 0.717) is 11.8 Å². The quantitative estimate of drug-likeness (QED) is 0.517. The summed E-state index contributed by atoms with van der Waals surface area (Å²) in [5.74, 6) is 0.977. The lowest BCUT2D eigenvalue weighted by Crippen LogP contribution is -2.35. The van der Waals surface area contributed by atoms with E-state index in [9.17, 15) is 9.90 Å². The Kier molecular flexibility index (Phi) is 6.76. The summed E-state index contributed by atoms with van der Waals surface area (Å²) >= 11 is 0. The fourth-order valence-electron chi connectivity index (χ4n) is 4.64. The third-order valence-electron chi connectivity index (χ3n) is 6.49. The fraction of sp³-hybridized carbons (Fsp3) is 0.522. The van der Waals surface area contributed by atoms with Gasteiger partial charge in [0.15, 0.2) is 0 Å². The Balaban J connectivity index is 1.62. The predicted octanol–water partition coefficient (Wildman–Crippen LogP) is 2.28. The molecule has 2 aliphatic rings. The average Bonchev–Trinajstić information content (AvgIpc) is 2.79. The number of aromatic nitrogens is 2. The molecule has 2 aromatic rings. The lowest BCUT2D eigenvalue weighted by Gasteiger charge is -2.31. The number of nitrogens with two attached hydrogens (primary N) is 1. The van der Waals surface area contributed by atoms with E-state index < -0.39 is 5.91 Å². The van der Waals surface area contributed by atoms with E-state index in [4.69, 9.17) is 10.5 Å². The van der Waals surface area contributed by atoms with Gasteiger partial charge in [-0.3, -0.25) is 4.79 Å². The van der Waals surface area contributed by atoms with Crippen LogP contribution in [0.15, 0.2) is 18.3 Å². The van der Waals surface area contributed by atoms with Crippen LogP contribution in [0.2, 0.25) is 0 Å². The third kappa shape index (κ3) is 4.78. The number of likely N-dealkylation sites (N-methyl/N-ethyl adjacent to an activating group) is 1. The Bertz CT molecular complexity index is 982. The van der Waals surface area contributed by atoms with Gasteiger partial charge in [0.25, 0.3) is 5.91 Å². The van der Waals surface area contributed by atoms with E-state index in [-0.39, 0.29) is 24.1 Å². The summed E-state index contributed by atoms with van der Waals surface area (Å²) in [6, 6.07) is 4.17. The van der Waals surface area contributed by atoms with E-state index in [1.54, 1.807) is 7.11 Å². The minimum absolute atomic E-state index is 0.0309. The normalized spacial score (nSPS) is 21.0. The molecule has 5 N–H and O–H groups in total. The van der Waals surface area contributed by atoms with Crippen LogP contribution in [-0.4, -0.2) is 59.2 Å². The molecular weight excluding hydrogens is 408 g/mol. The highest BCUT2D eigenvalue weighted by Crippen LogP contribution is 2.33. The van der Waals surface area contributed by atoms with Crippen molar-refractivity contribution in [1.29, 1.82) is 0 Å². The Hall–Kier alpha value is -2.91. The van der Waals surface area contributed by atoms with Crippen molar-refractivity contribution in [2.45, 2.75) is 44.7 Å². The van der Waals surface area contributed by atoms with Crippen molar-refractivity contribution < 1.29 is 14.6 Å². The number of nitrogens with one attached hydrogen (secondary N) is 2. The number of hydrogen-bond donors (Lipinski definition) is 4. The summed E-state index contributed by atoms with van der Waals surface area (Å²) in [4.78, 5) is 23.1. The molecule has 172 valence electrons. The Morgan fingerprint density at radius 1 is 1.31 bits per heavy atom. The van der Waals surface area contributed by atoms with Crippen LogP contribution in [0.3, 0.4) is 0 Å². The summed E-state index contributed by atoms with van der Waals surface area (Å²) < 4.78 is 5.60. The highest BCUT2D eigenvalue weighted by atomic mass is 16.5. The van der Waals surface area contributed by atoms with Gasteiger partial charge in [-0.25, -0.2) is 4.98 Å². The predicted molar refractivity (Wildman–Crippen MR) is 123 cm³/mol. The van der Waals surface area contributed by atoms with E-state index in [2.05, 4.69) is 44.7 Å². The van der Waals surface area contributed by atoms with Gasteiger partial charge in [-0.15, -0.1) is 0 Å². The Morgan fingerprint density at radius 2 is 2.12 bits per heavy atom. The zero-order valence-electron chi connectivity index (χ0n) is 18.7. The van der Waals surface area contributed by atoms with Crippen LogP contribution < -0.4 is 21.1 Å². The van der Waals surface area contributed by atoms with Crippen LogP contribution in [-0.2, 0) is 13.0 Å². The number of primary amides is 1. The summed E-state index contributed by atoms with van der Waals surface area (Å²) in [5, 5.41) is 16.3. The van der Waals surface area contributed by atoms with Crippen molar-refractivity contribution in [3.63, 3.8) is 0 Å². The molecule has 0 spiro atoms. The topological polar surface area (TPSA) is 126 Å². The number of aliphatic hydroxyl groups is 1. The van der Waals surface area contributed by atoms with Gasteiger partial charge in [0.05, 0.1) is 18.4 Å². The number of benzene rings is 1. The van der Waals surface area contributed by atoms with Gasteiger partial charge in [-0.05, 0) is 49.6 Å². The monoisotopic (exact) mass is 440 g/mol. The first-order valence-electron chi connectivity index (χ1n) is 11.2. The second-order valence-corrected chi connectivity index (χ2v) is 8.73. The smallest absolute Gasteiger partial charge is 0.254 e. The summed E-state index contributed by atoms with van der Waals surface area (Å²) in [6.45, 7) is 1.98. The molecule has 9 heteroatoms. The van der Waals surface area contributed by atoms with Crippen molar-refractivity contribution in [2.24, 2.45) is 11.7 Å². The molecule has 0 unspecified atom stereocenters. The third-order valence-corrected chi connectivity index (χ3v) is 6.49. The van der Waals surface area contributed by atoms with E-state index >= 15 is 0 Å². The number of aliphatic hydroxyl groups excluding tert-OH is 1. The van der Waals surface area contributed by atoms with Crippen LogP contribution in [0.5, 0.6) is 5.75 Å². The number of carbonyl (C=O) groups excluding carboxylic acids is 1. The zero-order chi connectivity index (χ0) is 22.7. The molecule has 1 aliphatic carbocycles. The van der Waals surface area contributed by atoms with E-state index in [1.807, 2.05) is 0 Å². The fourth-order valence-corrected chi connectivity index (χ4v) is 4.64. The maximum atomic E-state index is 12.0. The number of nitrogens with zero attached hydrogens (tertiary/aromatic N) is 3. The molecule has 0 radical (unpaired) electrons. The van der Waals surface area contributed by atoms with Crippen molar-refractivity contribution >= 4 is 23.4 Å². The van der Waals surface area contributed by atoms with Gasteiger partial charge < -0.3 is 31.1 Å². The Morgan fingerprint density at radius 3 is 2.88 bits per heavy atom. The number of hydrogen-bond acceptors (Lipinski definition) is 8. The van der Waals surface area contributed by atoms with Crippen molar-refractivity contribution in [2.75, 3.05) is 37.9 Å². The van der Waals surface area contributed by atoms with Gasteiger partial charge in [-0.1, -0.05) is 12.8 Å². The SMILES string of the molecule is COc1cc2c(cc1Nc1ncc(C(N)=O)c(N[C@@H]3CCCC[C@H]3CO)n1)CN(C)CC2. The molecule has 1 amide bonds. The number of carbonyl (C=O) groups is 1. The Labute approximate surface area is 188 Å². The van der Waals surface area contributed by atoms with Crippen molar-refractivity contribution in [3.05, 3.63) is 35.0 Å². The molecule has 2 atom stereocenters. The average molecular weight is 441 g/mol. The number of methoxy groups -OCH3 is 1. The van der Waals surface area contributed by atoms with Crippen LogP contribution in [0.4, 0.5) is 17.5 Å². The van der Waals surface area contributed by atoms with Gasteiger partial charge in [0.1, 0.15) is 11.6 Å². The van der Waals surface area contributed by atoms with Crippen LogP contribution in [0.25, 0.3) is 0 Å². The summed E-state index contributed by atoms with van der Waals surface area (Å²) in [7, 11) is 3.75. The second kappa shape index (κ2) is 9.70. The summed E-state index contributed by atoms with van der Waals surface area (Å²) in [5.41, 5.74) is 9.09. The van der Waals surface area contributed by atoms with Crippen molar-refractivity contribution in [3.8, 4) is 5.75 Å². The van der Waals surface area contributed by atoms with Crippen LogP contribution in [0, 0.1) is 5.92 Å². The highest BCUT2D eigenvalue weighted by Gasteiger charge is 2.26. The molecule has 1 aliphatic heterocycles. The van der Waals surface area contributed by atoms with E-state index in [1.165, 1.54) is 17.3 Å². The van der Waals surface area contributed by atoms with Gasteiger partial charge in [0.2, 0.25) is 5.95 Å². The van der Waals surface area contributed by atoms with Crippen LogP contribution in [0.1, 0.15) is 47.2 Å². The zero-order valence-corrected chi connectivity index (χ0v) is 18.7. The lowest BCUT2D eigenvalue weighted by atomic mass is 9.85. The van der Waals surface area contributed by atoms with Crippen molar-refractivity contribution in [1.82, 2.24) is 14.9 Å². The maximum Gasteiger partial charge on any atom is 0.254 e. The number of ether oxygens (including phenoxy) is 1. The molecule has 0 saturated heterocycles. The molecule has 1 saturated carbocycles. The second-order valence-electron chi connectivity index (χ2n) is 8.73. The van der Waals surface area contributed by atoms with Crippen LogP contribution >= 0.6 is 0 Å². The first kappa shape index (κ1) is 22.3. The molecule has 2 heterocycles. The minimum atomic E-state index is -0.593. The molecule has 9 nitrogen and oxygen atoms in total. The molecule has 1 aromatic heterocycles. The van der Waals surface area contributed by atoms with Gasteiger partial charge in [-0.2, -0.15) is 4.98 Å². The standard InChI is InChI=1S/C23H32N6O3/c1-29-8-7-14-10-20(32-2)19(9-16(14)12-29)27-23-25-11-17(21(24)31)22(28-23)26-18-6-4-3-5-15(18)13-30/h9-11,15,18,30H,3-8,12-13H2,1-2H3,(H2,24,31)(H2,25,26,27,28)/t15-,18+/m0/s1. The minimum Gasteiger partial charge on any atom is -0.495 e. The molecule has 1 fully saturated rings. The molecule has 4 rings (SSSR count). The largest absolute Gasteiger partial charge is 0.495 e. The number of anilines is 3.